The number of halogens is 1. The van der Waals surface area contributed by atoms with Crippen LogP contribution >= 0.6 is 15.9 Å². The third-order valence-corrected chi connectivity index (χ3v) is 2.94. The number of carboxylic acid groups (broad SMARTS) is 1. The zero-order valence-electron chi connectivity index (χ0n) is 10.2. The Morgan fingerprint density at radius 3 is 2.63 bits per heavy atom. The summed E-state index contributed by atoms with van der Waals surface area (Å²) in [5.41, 5.74) is 1.40. The minimum atomic E-state index is -1.09. The molecule has 0 saturated heterocycles. The van der Waals surface area contributed by atoms with Crippen molar-refractivity contribution in [2.75, 3.05) is 0 Å². The molecular weight excluding hydrogens is 314 g/mol. The van der Waals surface area contributed by atoms with Gasteiger partial charge in [-0.05, 0) is 32.0 Å². The van der Waals surface area contributed by atoms with Gasteiger partial charge in [0.2, 0.25) is 0 Å². The first kappa shape index (κ1) is 13.4. The van der Waals surface area contributed by atoms with Gasteiger partial charge in [0.1, 0.15) is 11.3 Å². The van der Waals surface area contributed by atoms with E-state index in [2.05, 4.69) is 31.1 Å². The van der Waals surface area contributed by atoms with Crippen molar-refractivity contribution in [2.24, 2.45) is 0 Å². The van der Waals surface area contributed by atoms with Gasteiger partial charge in [-0.3, -0.25) is 0 Å². The number of carbonyl (C=O) groups is 1. The number of rotatable bonds is 3. The van der Waals surface area contributed by atoms with E-state index in [0.29, 0.717) is 15.9 Å². The number of aromatic carboxylic acids is 1. The molecule has 0 bridgehead atoms. The number of aromatic nitrogens is 3. The quantitative estimate of drug-likeness (QED) is 0.934. The summed E-state index contributed by atoms with van der Waals surface area (Å²) >= 11 is 3.21. The van der Waals surface area contributed by atoms with Gasteiger partial charge in [-0.25, -0.2) is 4.79 Å². The Labute approximate surface area is 117 Å². The number of aryl methyl sites for hydroxylation is 2. The lowest BCUT2D eigenvalue weighted by Gasteiger charge is -2.07. The number of ether oxygens (including phenoxy) is 1. The van der Waals surface area contributed by atoms with Crippen LogP contribution in [0, 0.1) is 13.8 Å². The first-order valence-electron chi connectivity index (χ1n) is 5.36. The molecule has 1 aromatic heterocycles. The molecule has 1 aromatic carbocycles. The summed E-state index contributed by atoms with van der Waals surface area (Å²) in [6.45, 7) is 3.55. The molecule has 0 fully saturated rings. The Bertz CT molecular complexity index is 646. The molecule has 0 saturated carbocycles. The first-order chi connectivity index (χ1) is 8.97. The highest BCUT2D eigenvalue weighted by Gasteiger charge is 2.14. The molecule has 0 unspecified atom stereocenters. The summed E-state index contributed by atoms with van der Waals surface area (Å²) < 4.78 is 6.02. The number of hydrogen-bond donors (Lipinski definition) is 1. The standard InChI is InChI=1S/C12H10BrN3O3/c1-6-7(2)15-16-12(14-6)19-10-4-3-8(13)5-9(10)11(17)18/h3-5H,1-2H3,(H,17,18). The highest BCUT2D eigenvalue weighted by atomic mass is 79.9. The van der Waals surface area contributed by atoms with Crippen molar-refractivity contribution in [3.8, 4) is 11.8 Å². The summed E-state index contributed by atoms with van der Waals surface area (Å²) in [5.74, 6) is -0.922. The lowest BCUT2D eigenvalue weighted by atomic mass is 10.2. The molecule has 19 heavy (non-hydrogen) atoms. The maximum absolute atomic E-state index is 11.1. The van der Waals surface area contributed by atoms with Gasteiger partial charge in [0.05, 0.1) is 11.4 Å². The number of benzene rings is 1. The Balaban J connectivity index is 2.37. The average molecular weight is 324 g/mol. The molecule has 0 atom stereocenters. The van der Waals surface area contributed by atoms with Gasteiger partial charge >= 0.3 is 12.0 Å². The van der Waals surface area contributed by atoms with Crippen LogP contribution in [-0.4, -0.2) is 26.3 Å². The zero-order chi connectivity index (χ0) is 14.0. The van der Waals surface area contributed by atoms with Crippen molar-refractivity contribution in [1.29, 1.82) is 0 Å². The molecule has 98 valence electrons. The smallest absolute Gasteiger partial charge is 0.341 e. The van der Waals surface area contributed by atoms with Crippen molar-refractivity contribution in [3.05, 3.63) is 39.6 Å². The third kappa shape index (κ3) is 3.05. The normalized spacial score (nSPS) is 10.3. The molecule has 1 heterocycles. The van der Waals surface area contributed by atoms with Crippen molar-refractivity contribution < 1.29 is 14.6 Å². The van der Waals surface area contributed by atoms with E-state index in [1.165, 1.54) is 12.1 Å². The third-order valence-electron chi connectivity index (χ3n) is 2.45. The van der Waals surface area contributed by atoms with E-state index in [1.807, 2.05) is 0 Å². The van der Waals surface area contributed by atoms with Gasteiger partial charge in [0.25, 0.3) is 0 Å². The molecule has 0 radical (unpaired) electrons. The second-order valence-corrected chi connectivity index (χ2v) is 4.73. The summed E-state index contributed by atoms with van der Waals surface area (Å²) in [5, 5.41) is 16.8. The lowest BCUT2D eigenvalue weighted by Crippen LogP contribution is -2.03. The summed E-state index contributed by atoms with van der Waals surface area (Å²) in [4.78, 5) is 15.2. The fourth-order valence-corrected chi connectivity index (χ4v) is 1.70. The van der Waals surface area contributed by atoms with Crippen LogP contribution in [0.25, 0.3) is 0 Å². The van der Waals surface area contributed by atoms with Crippen LogP contribution in [0.15, 0.2) is 22.7 Å². The molecule has 0 aliphatic carbocycles. The predicted molar refractivity (Wildman–Crippen MR) is 70.5 cm³/mol. The number of nitrogens with zero attached hydrogens (tertiary/aromatic N) is 3. The van der Waals surface area contributed by atoms with Gasteiger partial charge in [-0.1, -0.05) is 21.0 Å². The van der Waals surface area contributed by atoms with E-state index in [-0.39, 0.29) is 17.3 Å². The molecule has 2 rings (SSSR count). The van der Waals surface area contributed by atoms with E-state index >= 15 is 0 Å². The van der Waals surface area contributed by atoms with E-state index < -0.39 is 5.97 Å². The monoisotopic (exact) mass is 323 g/mol. The van der Waals surface area contributed by atoms with Crippen LogP contribution in [-0.2, 0) is 0 Å². The fraction of sp³-hybridized carbons (Fsp3) is 0.167. The molecule has 0 aliphatic rings. The van der Waals surface area contributed by atoms with E-state index in [1.54, 1.807) is 19.9 Å². The molecule has 0 aliphatic heterocycles. The van der Waals surface area contributed by atoms with Gasteiger partial charge in [0.15, 0.2) is 0 Å². The Morgan fingerprint density at radius 1 is 1.26 bits per heavy atom. The van der Waals surface area contributed by atoms with E-state index in [9.17, 15) is 4.79 Å². The van der Waals surface area contributed by atoms with Gasteiger partial charge in [0, 0.05) is 4.47 Å². The van der Waals surface area contributed by atoms with Crippen LogP contribution < -0.4 is 4.74 Å². The SMILES string of the molecule is Cc1nnc(Oc2ccc(Br)cc2C(=O)O)nc1C. The minimum absolute atomic E-state index is 0.0212. The Kier molecular flexibility index (Phi) is 3.75. The molecule has 0 amide bonds. The largest absolute Gasteiger partial charge is 0.478 e. The molecule has 1 N–H and O–H groups in total. The second-order valence-electron chi connectivity index (χ2n) is 3.81. The highest BCUT2D eigenvalue weighted by molar-refractivity contribution is 9.10. The van der Waals surface area contributed by atoms with Crippen molar-refractivity contribution in [1.82, 2.24) is 15.2 Å². The molecule has 6 nitrogen and oxygen atoms in total. The van der Waals surface area contributed by atoms with Crippen LogP contribution in [0.4, 0.5) is 0 Å². The molecule has 2 aromatic rings. The summed E-state index contributed by atoms with van der Waals surface area (Å²) in [7, 11) is 0. The maximum Gasteiger partial charge on any atom is 0.341 e. The van der Waals surface area contributed by atoms with Crippen LogP contribution in [0.2, 0.25) is 0 Å². The first-order valence-corrected chi connectivity index (χ1v) is 6.15. The molecular formula is C12H10BrN3O3. The van der Waals surface area contributed by atoms with E-state index in [0.717, 1.165) is 0 Å². The van der Waals surface area contributed by atoms with Crippen molar-refractivity contribution in [2.45, 2.75) is 13.8 Å². The summed E-state index contributed by atoms with van der Waals surface area (Å²) in [6, 6.07) is 4.68. The summed E-state index contributed by atoms with van der Waals surface area (Å²) in [6.07, 6.45) is 0. The highest BCUT2D eigenvalue weighted by Crippen LogP contribution is 2.26. The van der Waals surface area contributed by atoms with Crippen LogP contribution in [0.3, 0.4) is 0 Å². The minimum Gasteiger partial charge on any atom is -0.478 e. The van der Waals surface area contributed by atoms with Gasteiger partial charge in [-0.15, -0.1) is 5.10 Å². The van der Waals surface area contributed by atoms with E-state index in [4.69, 9.17) is 9.84 Å². The maximum atomic E-state index is 11.1. The van der Waals surface area contributed by atoms with Crippen molar-refractivity contribution in [3.63, 3.8) is 0 Å². The predicted octanol–water partition coefficient (Wildman–Crippen LogP) is 2.74. The van der Waals surface area contributed by atoms with Gasteiger partial charge in [-0.2, -0.15) is 4.98 Å². The second kappa shape index (κ2) is 5.31. The van der Waals surface area contributed by atoms with Crippen LogP contribution in [0.1, 0.15) is 21.7 Å². The zero-order valence-corrected chi connectivity index (χ0v) is 11.8. The van der Waals surface area contributed by atoms with Crippen molar-refractivity contribution >= 4 is 21.9 Å². The molecule has 7 heteroatoms. The average Bonchev–Trinajstić information content (AvgIpc) is 2.36. The topological polar surface area (TPSA) is 85.2 Å². The lowest BCUT2D eigenvalue weighted by molar-refractivity contribution is 0.0694. The fourth-order valence-electron chi connectivity index (χ4n) is 1.34. The number of carboxylic acids is 1. The Hall–Kier alpha value is -2.02. The number of hydrogen-bond acceptors (Lipinski definition) is 5. The molecule has 0 spiro atoms. The Morgan fingerprint density at radius 2 is 2.00 bits per heavy atom. The van der Waals surface area contributed by atoms with Gasteiger partial charge < -0.3 is 9.84 Å². The van der Waals surface area contributed by atoms with Crippen LogP contribution in [0.5, 0.6) is 11.8 Å².